The number of para-hydroxylation sites is 1. The molecule has 4 rings (SSSR count). The van der Waals surface area contributed by atoms with Gasteiger partial charge in [-0.3, -0.25) is 4.79 Å². The molecule has 0 radical (unpaired) electrons. The normalized spacial score (nSPS) is 11.4. The molecule has 0 aliphatic heterocycles. The van der Waals surface area contributed by atoms with E-state index in [1.54, 1.807) is 18.2 Å². The van der Waals surface area contributed by atoms with Gasteiger partial charge in [-0.25, -0.2) is 12.8 Å². The Hall–Kier alpha value is -3.46. The van der Waals surface area contributed by atoms with Crippen LogP contribution in [0.1, 0.15) is 11.1 Å². The second kappa shape index (κ2) is 11.5. The summed E-state index contributed by atoms with van der Waals surface area (Å²) >= 11 is 1.50. The van der Waals surface area contributed by atoms with Crippen molar-refractivity contribution in [2.24, 2.45) is 0 Å². The summed E-state index contributed by atoms with van der Waals surface area (Å²) in [6, 6.07) is 29.1. The zero-order valence-corrected chi connectivity index (χ0v) is 21.2. The molecule has 0 spiro atoms. The summed E-state index contributed by atoms with van der Waals surface area (Å²) in [5, 5.41) is 2.86. The number of carbonyl (C=O) groups is 1. The number of halogens is 1. The summed E-state index contributed by atoms with van der Waals surface area (Å²) in [6.45, 7) is 1.38. The molecule has 0 atom stereocenters. The van der Waals surface area contributed by atoms with E-state index < -0.39 is 28.3 Å². The van der Waals surface area contributed by atoms with Crippen LogP contribution in [-0.4, -0.2) is 25.2 Å². The number of rotatable bonds is 9. The number of sulfonamides is 1. The minimum absolute atomic E-state index is 0.0790. The van der Waals surface area contributed by atoms with E-state index in [1.807, 2.05) is 55.5 Å². The molecular weight excluding hydrogens is 495 g/mol. The second-order valence-electron chi connectivity index (χ2n) is 8.17. The maximum absolute atomic E-state index is 13.5. The largest absolute Gasteiger partial charge is 0.324 e. The second-order valence-corrected chi connectivity index (χ2v) is 11.2. The van der Waals surface area contributed by atoms with E-state index in [2.05, 4.69) is 5.32 Å². The van der Waals surface area contributed by atoms with Crippen molar-refractivity contribution < 1.29 is 17.6 Å². The standard InChI is InChI=1S/C28H25FN2O3S2/c1-21-11-17-25(18-12-21)36(33,34)31(19-22-13-15-23(29)16-14-22)20-28(32)30-26-9-5-6-10-27(26)35-24-7-3-2-4-8-24/h2-18H,19-20H2,1H3,(H,30,32). The van der Waals surface area contributed by atoms with Gasteiger partial charge in [-0.2, -0.15) is 4.31 Å². The van der Waals surface area contributed by atoms with E-state index in [9.17, 15) is 17.6 Å². The first-order chi connectivity index (χ1) is 17.3. The van der Waals surface area contributed by atoms with Gasteiger partial charge in [0.15, 0.2) is 0 Å². The molecule has 1 amide bonds. The third kappa shape index (κ3) is 6.60. The highest BCUT2D eigenvalue weighted by molar-refractivity contribution is 7.99. The van der Waals surface area contributed by atoms with Crippen LogP contribution in [-0.2, 0) is 21.4 Å². The molecular formula is C28H25FN2O3S2. The smallest absolute Gasteiger partial charge is 0.243 e. The molecule has 0 aromatic heterocycles. The van der Waals surface area contributed by atoms with Crippen LogP contribution < -0.4 is 5.32 Å². The molecule has 0 bridgehead atoms. The number of hydrogen-bond acceptors (Lipinski definition) is 4. The molecule has 184 valence electrons. The van der Waals surface area contributed by atoms with Crippen molar-refractivity contribution >= 4 is 33.4 Å². The number of nitrogens with zero attached hydrogens (tertiary/aromatic N) is 1. The number of anilines is 1. The lowest BCUT2D eigenvalue weighted by Crippen LogP contribution is -2.37. The first-order valence-corrected chi connectivity index (χ1v) is 13.5. The maximum atomic E-state index is 13.5. The first kappa shape index (κ1) is 25.6. The number of nitrogens with one attached hydrogen (secondary N) is 1. The highest BCUT2D eigenvalue weighted by Crippen LogP contribution is 2.33. The lowest BCUT2D eigenvalue weighted by molar-refractivity contribution is -0.116. The van der Waals surface area contributed by atoms with Crippen molar-refractivity contribution in [3.63, 3.8) is 0 Å². The van der Waals surface area contributed by atoms with Gasteiger partial charge in [-0.15, -0.1) is 0 Å². The van der Waals surface area contributed by atoms with Gasteiger partial charge in [-0.05, 0) is 61.0 Å². The molecule has 1 N–H and O–H groups in total. The lowest BCUT2D eigenvalue weighted by atomic mass is 10.2. The summed E-state index contributed by atoms with van der Waals surface area (Å²) in [6.07, 6.45) is 0. The zero-order chi connectivity index (χ0) is 25.5. The Labute approximate surface area is 215 Å². The van der Waals surface area contributed by atoms with E-state index in [4.69, 9.17) is 0 Å². The Morgan fingerprint density at radius 3 is 2.19 bits per heavy atom. The zero-order valence-electron chi connectivity index (χ0n) is 19.6. The van der Waals surface area contributed by atoms with Gasteiger partial charge in [-0.1, -0.05) is 71.9 Å². The van der Waals surface area contributed by atoms with Crippen molar-refractivity contribution in [3.8, 4) is 0 Å². The van der Waals surface area contributed by atoms with Crippen molar-refractivity contribution in [1.82, 2.24) is 4.31 Å². The molecule has 0 fully saturated rings. The van der Waals surface area contributed by atoms with Crippen LogP contribution in [0.2, 0.25) is 0 Å². The van der Waals surface area contributed by atoms with Crippen LogP contribution in [0.15, 0.2) is 118 Å². The highest BCUT2D eigenvalue weighted by atomic mass is 32.2. The third-order valence-electron chi connectivity index (χ3n) is 5.38. The van der Waals surface area contributed by atoms with Crippen molar-refractivity contribution in [1.29, 1.82) is 0 Å². The number of aryl methyl sites for hydroxylation is 1. The average molecular weight is 521 g/mol. The fourth-order valence-electron chi connectivity index (χ4n) is 3.50. The summed E-state index contributed by atoms with van der Waals surface area (Å²) < 4.78 is 41.5. The molecule has 0 aliphatic carbocycles. The summed E-state index contributed by atoms with van der Waals surface area (Å²) in [5.41, 5.74) is 2.08. The van der Waals surface area contributed by atoms with Gasteiger partial charge in [0.05, 0.1) is 17.1 Å². The van der Waals surface area contributed by atoms with E-state index in [-0.39, 0.29) is 11.4 Å². The predicted octanol–water partition coefficient (Wildman–Crippen LogP) is 6.11. The van der Waals surface area contributed by atoms with Gasteiger partial charge in [0, 0.05) is 16.3 Å². The van der Waals surface area contributed by atoms with Crippen molar-refractivity contribution in [2.75, 3.05) is 11.9 Å². The van der Waals surface area contributed by atoms with Crippen LogP contribution in [0.25, 0.3) is 0 Å². The SMILES string of the molecule is Cc1ccc(S(=O)(=O)N(CC(=O)Nc2ccccc2Sc2ccccc2)Cc2ccc(F)cc2)cc1. The Kier molecular flexibility index (Phi) is 8.20. The number of hydrogen-bond donors (Lipinski definition) is 1. The first-order valence-electron chi connectivity index (χ1n) is 11.2. The topological polar surface area (TPSA) is 66.5 Å². The van der Waals surface area contributed by atoms with E-state index in [0.29, 0.717) is 11.3 Å². The summed E-state index contributed by atoms with van der Waals surface area (Å²) in [5.74, 6) is -0.897. The number of benzene rings is 4. The fraction of sp³-hybridized carbons (Fsp3) is 0.107. The monoisotopic (exact) mass is 520 g/mol. The molecule has 8 heteroatoms. The summed E-state index contributed by atoms with van der Waals surface area (Å²) in [4.78, 5) is 15.1. The maximum Gasteiger partial charge on any atom is 0.243 e. The molecule has 4 aromatic rings. The summed E-state index contributed by atoms with van der Waals surface area (Å²) in [7, 11) is -4.00. The number of amides is 1. The van der Waals surface area contributed by atoms with Gasteiger partial charge in [0.1, 0.15) is 5.82 Å². The third-order valence-corrected chi connectivity index (χ3v) is 8.27. The lowest BCUT2D eigenvalue weighted by Gasteiger charge is -2.22. The molecule has 0 unspecified atom stereocenters. The highest BCUT2D eigenvalue weighted by Gasteiger charge is 2.27. The minimum atomic E-state index is -4.00. The van der Waals surface area contributed by atoms with Crippen LogP contribution in [0, 0.1) is 12.7 Å². The average Bonchev–Trinajstić information content (AvgIpc) is 2.87. The van der Waals surface area contributed by atoms with Gasteiger partial charge in [0.25, 0.3) is 0 Å². The molecule has 0 saturated heterocycles. The Morgan fingerprint density at radius 2 is 1.50 bits per heavy atom. The quantitative estimate of drug-likeness (QED) is 0.289. The van der Waals surface area contributed by atoms with E-state index in [1.165, 1.54) is 48.2 Å². The van der Waals surface area contributed by atoms with Crippen molar-refractivity contribution in [3.05, 3.63) is 120 Å². The van der Waals surface area contributed by atoms with E-state index >= 15 is 0 Å². The van der Waals surface area contributed by atoms with Crippen LogP contribution in [0.5, 0.6) is 0 Å². The van der Waals surface area contributed by atoms with Crippen LogP contribution in [0.3, 0.4) is 0 Å². The molecule has 0 aliphatic rings. The predicted molar refractivity (Wildman–Crippen MR) is 141 cm³/mol. The molecule has 4 aromatic carbocycles. The van der Waals surface area contributed by atoms with Crippen molar-refractivity contribution in [2.45, 2.75) is 28.2 Å². The molecule has 0 saturated carbocycles. The van der Waals surface area contributed by atoms with Gasteiger partial charge in [0.2, 0.25) is 15.9 Å². The Morgan fingerprint density at radius 1 is 0.861 bits per heavy atom. The van der Waals surface area contributed by atoms with Crippen LogP contribution in [0.4, 0.5) is 10.1 Å². The Bertz CT molecular complexity index is 1430. The van der Waals surface area contributed by atoms with Gasteiger partial charge >= 0.3 is 0 Å². The minimum Gasteiger partial charge on any atom is -0.324 e. The van der Waals surface area contributed by atoms with E-state index in [0.717, 1.165) is 19.7 Å². The van der Waals surface area contributed by atoms with Crippen LogP contribution >= 0.6 is 11.8 Å². The molecule has 36 heavy (non-hydrogen) atoms. The fourth-order valence-corrected chi connectivity index (χ4v) is 5.81. The van der Waals surface area contributed by atoms with Gasteiger partial charge < -0.3 is 5.32 Å². The molecule has 0 heterocycles. The number of carbonyl (C=O) groups excluding carboxylic acids is 1. The molecule has 5 nitrogen and oxygen atoms in total. The Balaban J connectivity index is 1.57.